The number of ketones is 1. The predicted molar refractivity (Wildman–Crippen MR) is 113 cm³/mol. The molecule has 1 aliphatic rings. The van der Waals surface area contributed by atoms with Crippen LogP contribution in [-0.2, 0) is 6.42 Å². The first-order valence-corrected chi connectivity index (χ1v) is 9.67. The quantitative estimate of drug-likeness (QED) is 0.596. The maximum absolute atomic E-state index is 12.7. The van der Waals surface area contributed by atoms with Crippen molar-refractivity contribution in [2.75, 3.05) is 10.6 Å². The second-order valence-corrected chi connectivity index (χ2v) is 7.64. The van der Waals surface area contributed by atoms with Crippen LogP contribution in [0.15, 0.2) is 48.5 Å². The Balaban J connectivity index is 1.76. The van der Waals surface area contributed by atoms with Crippen LogP contribution in [0.1, 0.15) is 35.0 Å². The summed E-state index contributed by atoms with van der Waals surface area (Å²) in [5, 5.41) is 7.17. The van der Waals surface area contributed by atoms with Gasteiger partial charge in [0.15, 0.2) is 5.78 Å². The van der Waals surface area contributed by atoms with Gasteiger partial charge in [-0.3, -0.25) is 4.79 Å². The standard InChI is InChI=1S/C22H21ClN4O/c1-13-10-18-20(19(28)11-13)21(24-16-9-8-14(2)17(23)12-16)27-22(26-18)25-15-6-4-3-5-7-15/h3-9,12-13H,10-11H2,1-2H3,(H2,24,25,26,27). The Morgan fingerprint density at radius 1 is 1.00 bits per heavy atom. The van der Waals surface area contributed by atoms with Crippen LogP contribution >= 0.6 is 11.6 Å². The van der Waals surface area contributed by atoms with Crippen molar-refractivity contribution in [1.82, 2.24) is 9.97 Å². The molecule has 0 bridgehead atoms. The lowest BCUT2D eigenvalue weighted by atomic mass is 9.87. The minimum atomic E-state index is 0.0701. The van der Waals surface area contributed by atoms with Gasteiger partial charge in [0.1, 0.15) is 5.82 Å². The zero-order valence-corrected chi connectivity index (χ0v) is 16.5. The fourth-order valence-electron chi connectivity index (χ4n) is 3.37. The topological polar surface area (TPSA) is 66.9 Å². The fourth-order valence-corrected chi connectivity index (χ4v) is 3.55. The van der Waals surface area contributed by atoms with E-state index in [1.165, 1.54) is 0 Å². The van der Waals surface area contributed by atoms with Crippen molar-refractivity contribution in [2.24, 2.45) is 5.92 Å². The van der Waals surface area contributed by atoms with Crippen molar-refractivity contribution < 1.29 is 4.79 Å². The largest absolute Gasteiger partial charge is 0.339 e. The lowest BCUT2D eigenvalue weighted by Crippen LogP contribution is -2.22. The monoisotopic (exact) mass is 392 g/mol. The molecule has 1 aliphatic carbocycles. The van der Waals surface area contributed by atoms with E-state index < -0.39 is 0 Å². The molecule has 2 aromatic carbocycles. The summed E-state index contributed by atoms with van der Waals surface area (Å²) in [4.78, 5) is 22.0. The second kappa shape index (κ2) is 7.60. The Labute approximate surface area is 169 Å². The van der Waals surface area contributed by atoms with E-state index in [9.17, 15) is 4.79 Å². The van der Waals surface area contributed by atoms with Gasteiger partial charge < -0.3 is 10.6 Å². The minimum Gasteiger partial charge on any atom is -0.339 e. The van der Waals surface area contributed by atoms with Gasteiger partial charge >= 0.3 is 0 Å². The van der Waals surface area contributed by atoms with Crippen LogP contribution in [0.5, 0.6) is 0 Å². The van der Waals surface area contributed by atoms with Crippen LogP contribution in [-0.4, -0.2) is 15.8 Å². The number of anilines is 4. The molecule has 4 rings (SSSR count). The van der Waals surface area contributed by atoms with Crippen molar-refractivity contribution in [1.29, 1.82) is 0 Å². The van der Waals surface area contributed by atoms with E-state index in [2.05, 4.69) is 27.5 Å². The van der Waals surface area contributed by atoms with Crippen molar-refractivity contribution in [3.8, 4) is 0 Å². The number of rotatable bonds is 4. The van der Waals surface area contributed by atoms with Crippen LogP contribution < -0.4 is 10.6 Å². The molecule has 0 saturated carbocycles. The molecule has 3 aromatic rings. The van der Waals surface area contributed by atoms with Crippen molar-refractivity contribution in [3.63, 3.8) is 0 Å². The average molecular weight is 393 g/mol. The molecule has 1 heterocycles. The molecule has 5 nitrogen and oxygen atoms in total. The Kier molecular flexibility index (Phi) is 5.01. The molecule has 0 amide bonds. The van der Waals surface area contributed by atoms with E-state index in [4.69, 9.17) is 11.6 Å². The van der Waals surface area contributed by atoms with E-state index in [1.54, 1.807) is 0 Å². The van der Waals surface area contributed by atoms with Crippen LogP contribution in [0.3, 0.4) is 0 Å². The number of fused-ring (bicyclic) bond motifs is 1. The van der Waals surface area contributed by atoms with Gasteiger partial charge in [-0.2, -0.15) is 4.98 Å². The maximum Gasteiger partial charge on any atom is 0.229 e. The number of para-hydroxylation sites is 1. The highest BCUT2D eigenvalue weighted by atomic mass is 35.5. The first-order chi connectivity index (χ1) is 13.5. The second-order valence-electron chi connectivity index (χ2n) is 7.23. The highest BCUT2D eigenvalue weighted by Crippen LogP contribution is 2.32. The first kappa shape index (κ1) is 18.4. The number of hydrogen-bond donors (Lipinski definition) is 2. The summed E-state index contributed by atoms with van der Waals surface area (Å²) >= 11 is 6.26. The molecule has 0 fully saturated rings. The van der Waals surface area contributed by atoms with E-state index in [1.807, 2.05) is 55.5 Å². The highest BCUT2D eigenvalue weighted by Gasteiger charge is 2.28. The van der Waals surface area contributed by atoms with Gasteiger partial charge in [0.2, 0.25) is 5.95 Å². The molecule has 0 spiro atoms. The molecule has 2 N–H and O–H groups in total. The van der Waals surface area contributed by atoms with E-state index in [0.29, 0.717) is 28.8 Å². The van der Waals surface area contributed by atoms with Gasteiger partial charge in [0.05, 0.1) is 11.3 Å². The number of halogens is 1. The summed E-state index contributed by atoms with van der Waals surface area (Å²) < 4.78 is 0. The van der Waals surface area contributed by atoms with E-state index in [0.717, 1.165) is 29.1 Å². The van der Waals surface area contributed by atoms with Crippen LogP contribution in [0, 0.1) is 12.8 Å². The van der Waals surface area contributed by atoms with Crippen LogP contribution in [0.4, 0.5) is 23.1 Å². The zero-order valence-electron chi connectivity index (χ0n) is 15.8. The van der Waals surface area contributed by atoms with Gasteiger partial charge in [-0.1, -0.05) is 42.8 Å². The van der Waals surface area contributed by atoms with Gasteiger partial charge in [-0.05, 0) is 49.1 Å². The molecule has 28 heavy (non-hydrogen) atoms. The molecule has 1 aromatic heterocycles. The zero-order chi connectivity index (χ0) is 19.7. The van der Waals surface area contributed by atoms with Crippen molar-refractivity contribution in [3.05, 3.63) is 70.4 Å². The third kappa shape index (κ3) is 3.85. The number of carbonyl (C=O) groups is 1. The predicted octanol–water partition coefficient (Wildman–Crippen LogP) is 5.69. The number of benzene rings is 2. The molecule has 1 atom stereocenters. The summed E-state index contributed by atoms with van der Waals surface area (Å²) in [5.41, 5.74) is 4.02. The van der Waals surface area contributed by atoms with Gasteiger partial charge in [0.25, 0.3) is 0 Å². The fraction of sp³-hybridized carbons (Fsp3) is 0.227. The number of nitrogens with one attached hydrogen (secondary N) is 2. The van der Waals surface area contributed by atoms with Crippen LogP contribution in [0.25, 0.3) is 0 Å². The first-order valence-electron chi connectivity index (χ1n) is 9.29. The Morgan fingerprint density at radius 3 is 2.54 bits per heavy atom. The molecule has 0 aliphatic heterocycles. The Morgan fingerprint density at radius 2 is 1.79 bits per heavy atom. The van der Waals surface area contributed by atoms with E-state index >= 15 is 0 Å². The SMILES string of the molecule is Cc1ccc(Nc2nc(Nc3ccccc3)nc3c2C(=O)CC(C)C3)cc1Cl. The number of aromatic nitrogens is 2. The highest BCUT2D eigenvalue weighted by molar-refractivity contribution is 6.31. The third-order valence-corrected chi connectivity index (χ3v) is 5.21. The molecular formula is C22H21ClN4O. The lowest BCUT2D eigenvalue weighted by Gasteiger charge is -2.23. The molecule has 1 unspecified atom stereocenters. The summed E-state index contributed by atoms with van der Waals surface area (Å²) in [6.45, 7) is 4.02. The number of hydrogen-bond acceptors (Lipinski definition) is 5. The number of aryl methyl sites for hydroxylation is 1. The number of nitrogens with zero attached hydrogens (tertiary/aromatic N) is 2. The summed E-state index contributed by atoms with van der Waals surface area (Å²) in [7, 11) is 0. The summed E-state index contributed by atoms with van der Waals surface area (Å²) in [5.74, 6) is 1.31. The minimum absolute atomic E-state index is 0.0701. The van der Waals surface area contributed by atoms with Crippen LogP contribution in [0.2, 0.25) is 5.02 Å². The Bertz CT molecular complexity index is 1040. The maximum atomic E-state index is 12.7. The van der Waals surface area contributed by atoms with E-state index in [-0.39, 0.29) is 11.7 Å². The normalized spacial score (nSPS) is 15.8. The molecule has 6 heteroatoms. The summed E-state index contributed by atoms with van der Waals surface area (Å²) in [6.07, 6.45) is 1.25. The lowest BCUT2D eigenvalue weighted by molar-refractivity contribution is 0.0953. The number of Topliss-reactive ketones (excluding diaryl/α,β-unsaturated/α-hetero) is 1. The Hall–Kier alpha value is -2.92. The van der Waals surface area contributed by atoms with Crippen molar-refractivity contribution in [2.45, 2.75) is 26.7 Å². The van der Waals surface area contributed by atoms with Crippen molar-refractivity contribution >= 4 is 40.5 Å². The average Bonchev–Trinajstić information content (AvgIpc) is 2.65. The molecule has 0 saturated heterocycles. The third-order valence-electron chi connectivity index (χ3n) is 4.80. The molecule has 0 radical (unpaired) electrons. The van der Waals surface area contributed by atoms with Gasteiger partial charge in [0, 0.05) is 22.8 Å². The van der Waals surface area contributed by atoms with Gasteiger partial charge in [-0.25, -0.2) is 4.98 Å². The smallest absolute Gasteiger partial charge is 0.229 e. The van der Waals surface area contributed by atoms with Gasteiger partial charge in [-0.15, -0.1) is 0 Å². The number of carbonyl (C=O) groups excluding carboxylic acids is 1. The molecule has 142 valence electrons. The molecular weight excluding hydrogens is 372 g/mol. The summed E-state index contributed by atoms with van der Waals surface area (Å²) in [6, 6.07) is 15.4.